The molecule has 0 aliphatic heterocycles. The SMILES string of the molecule is C/C=C\C=C/CC1(C(N)/C=C\CC)c2cc(-c3cccc(-c4cccc(CC5=CC=CCC5)c4)c3)ccc2-c2c1ccc1ccccc21. The lowest BCUT2D eigenvalue weighted by Crippen LogP contribution is -2.43. The second kappa shape index (κ2) is 14.0. The smallest absolute Gasteiger partial charge is 0.0436 e. The third-order valence-corrected chi connectivity index (χ3v) is 10.2. The minimum atomic E-state index is -0.399. The third-order valence-electron chi connectivity index (χ3n) is 10.2. The Morgan fingerprint density at radius 2 is 1.56 bits per heavy atom. The van der Waals surface area contributed by atoms with Gasteiger partial charge in [-0.1, -0.05) is 158 Å². The Morgan fingerprint density at radius 1 is 0.771 bits per heavy atom. The zero-order valence-corrected chi connectivity index (χ0v) is 28.2. The van der Waals surface area contributed by atoms with Crippen molar-refractivity contribution in [3.63, 3.8) is 0 Å². The van der Waals surface area contributed by atoms with Gasteiger partial charge in [0.1, 0.15) is 0 Å². The summed E-state index contributed by atoms with van der Waals surface area (Å²) in [6, 6.07) is 38.4. The molecule has 1 heteroatoms. The van der Waals surface area contributed by atoms with Crippen molar-refractivity contribution in [3.8, 4) is 33.4 Å². The van der Waals surface area contributed by atoms with Gasteiger partial charge in [0.2, 0.25) is 0 Å². The van der Waals surface area contributed by atoms with Crippen LogP contribution in [0, 0.1) is 0 Å². The first kappa shape index (κ1) is 31.6. The molecule has 7 rings (SSSR count). The van der Waals surface area contributed by atoms with Crippen molar-refractivity contribution in [2.24, 2.45) is 5.73 Å². The molecule has 0 aromatic heterocycles. The van der Waals surface area contributed by atoms with Gasteiger partial charge in [-0.3, -0.25) is 0 Å². The van der Waals surface area contributed by atoms with Crippen LogP contribution in [0.5, 0.6) is 0 Å². The van der Waals surface area contributed by atoms with E-state index in [0.29, 0.717) is 0 Å². The Kier molecular flexibility index (Phi) is 9.23. The molecule has 0 radical (unpaired) electrons. The summed E-state index contributed by atoms with van der Waals surface area (Å²) in [5.41, 5.74) is 20.0. The van der Waals surface area contributed by atoms with Gasteiger partial charge < -0.3 is 5.73 Å². The highest BCUT2D eigenvalue weighted by atomic mass is 14.7. The van der Waals surface area contributed by atoms with Crippen LogP contribution >= 0.6 is 0 Å². The highest BCUT2D eigenvalue weighted by Gasteiger charge is 2.46. The number of nitrogens with two attached hydrogens (primary N) is 1. The van der Waals surface area contributed by atoms with Crippen molar-refractivity contribution < 1.29 is 0 Å². The molecule has 0 spiro atoms. The first-order valence-electron chi connectivity index (χ1n) is 17.5. The fourth-order valence-corrected chi connectivity index (χ4v) is 7.80. The molecule has 0 bridgehead atoms. The number of hydrogen-bond acceptors (Lipinski definition) is 1. The van der Waals surface area contributed by atoms with E-state index in [0.717, 1.165) is 32.1 Å². The molecule has 0 saturated carbocycles. The summed E-state index contributed by atoms with van der Waals surface area (Å²) in [4.78, 5) is 0. The van der Waals surface area contributed by atoms with Gasteiger partial charge >= 0.3 is 0 Å². The molecule has 0 saturated heterocycles. The molecule has 2 aliphatic rings. The van der Waals surface area contributed by atoms with E-state index in [1.807, 2.05) is 0 Å². The second-order valence-corrected chi connectivity index (χ2v) is 13.2. The Hall–Kier alpha value is -4.98. The van der Waals surface area contributed by atoms with Crippen molar-refractivity contribution in [1.29, 1.82) is 0 Å². The average molecular weight is 624 g/mol. The standard InChI is InChI=1S/C47H45N/c1-3-5-7-13-29-47(45(48)24-6-4-2)43-28-26-36-19-11-12-23-41(36)46(43)42-27-25-40(33-44(42)47)39-22-15-21-38(32-39)37-20-14-18-35(31-37)30-34-16-9-8-10-17-34/h3,5-9,11-16,18-28,31-33,45H,4,10,17,29-30,48H2,1-2H3/b5-3-,13-7-,24-6-. The van der Waals surface area contributed by atoms with Gasteiger partial charge in [0.15, 0.2) is 0 Å². The molecular weight excluding hydrogens is 579 g/mol. The van der Waals surface area contributed by atoms with E-state index < -0.39 is 5.41 Å². The Bertz CT molecular complexity index is 2100. The molecule has 0 amide bonds. The molecule has 2 unspecified atom stereocenters. The van der Waals surface area contributed by atoms with E-state index in [4.69, 9.17) is 5.73 Å². The molecule has 0 fully saturated rings. The van der Waals surface area contributed by atoms with Crippen LogP contribution in [0.4, 0.5) is 0 Å². The van der Waals surface area contributed by atoms with Crippen LogP contribution in [0.3, 0.4) is 0 Å². The van der Waals surface area contributed by atoms with E-state index >= 15 is 0 Å². The van der Waals surface area contributed by atoms with Crippen molar-refractivity contribution in [2.45, 2.75) is 57.4 Å². The Morgan fingerprint density at radius 3 is 2.35 bits per heavy atom. The molecule has 1 nitrogen and oxygen atoms in total. The van der Waals surface area contributed by atoms with Gasteiger partial charge in [-0.2, -0.15) is 0 Å². The molecule has 2 N–H and O–H groups in total. The van der Waals surface area contributed by atoms with E-state index in [1.165, 1.54) is 66.4 Å². The van der Waals surface area contributed by atoms with Crippen LogP contribution in [-0.4, -0.2) is 6.04 Å². The molecule has 5 aromatic rings. The van der Waals surface area contributed by atoms with Crippen LogP contribution < -0.4 is 5.73 Å². The minimum Gasteiger partial charge on any atom is -0.323 e. The summed E-state index contributed by atoms with van der Waals surface area (Å²) < 4.78 is 0. The first-order valence-corrected chi connectivity index (χ1v) is 17.5. The quantitative estimate of drug-likeness (QED) is 0.122. The van der Waals surface area contributed by atoms with Gasteiger partial charge in [-0.15, -0.1) is 0 Å². The van der Waals surface area contributed by atoms with Gasteiger partial charge in [0.25, 0.3) is 0 Å². The fourth-order valence-electron chi connectivity index (χ4n) is 7.80. The Labute approximate surface area is 286 Å². The maximum absolute atomic E-state index is 7.31. The second-order valence-electron chi connectivity index (χ2n) is 13.2. The summed E-state index contributed by atoms with van der Waals surface area (Å²) in [7, 11) is 0. The number of fused-ring (bicyclic) bond motifs is 5. The van der Waals surface area contributed by atoms with Crippen LogP contribution in [0.1, 0.15) is 56.2 Å². The normalized spacial score (nSPS) is 17.8. The third kappa shape index (κ3) is 5.96. The molecule has 0 heterocycles. The largest absolute Gasteiger partial charge is 0.323 e. The highest BCUT2D eigenvalue weighted by Crippen LogP contribution is 2.55. The zero-order valence-electron chi connectivity index (χ0n) is 28.2. The predicted molar refractivity (Wildman–Crippen MR) is 207 cm³/mol. The minimum absolute atomic E-state index is 0.187. The lowest BCUT2D eigenvalue weighted by Gasteiger charge is -2.36. The van der Waals surface area contributed by atoms with E-state index in [9.17, 15) is 0 Å². The molecule has 2 aliphatic carbocycles. The van der Waals surface area contributed by atoms with Crippen molar-refractivity contribution in [3.05, 3.63) is 180 Å². The monoisotopic (exact) mass is 623 g/mol. The summed E-state index contributed by atoms with van der Waals surface area (Å²) in [6.07, 6.45) is 24.9. The van der Waals surface area contributed by atoms with Gasteiger partial charge in [-0.25, -0.2) is 0 Å². The predicted octanol–water partition coefficient (Wildman–Crippen LogP) is 12.1. The maximum atomic E-state index is 7.31. The van der Waals surface area contributed by atoms with Gasteiger partial charge in [-0.05, 0) is 112 Å². The van der Waals surface area contributed by atoms with Gasteiger partial charge in [0, 0.05) is 11.5 Å². The highest BCUT2D eigenvalue weighted by molar-refractivity contribution is 6.03. The zero-order chi connectivity index (χ0) is 32.9. The summed E-state index contributed by atoms with van der Waals surface area (Å²) in [5, 5.41) is 2.55. The van der Waals surface area contributed by atoms with Crippen LogP contribution in [0.15, 0.2) is 163 Å². The van der Waals surface area contributed by atoms with Crippen molar-refractivity contribution in [2.75, 3.05) is 0 Å². The molecule has 48 heavy (non-hydrogen) atoms. The van der Waals surface area contributed by atoms with Crippen molar-refractivity contribution in [1.82, 2.24) is 0 Å². The van der Waals surface area contributed by atoms with E-state index in [1.54, 1.807) is 0 Å². The average Bonchev–Trinajstić information content (AvgIpc) is 3.43. The van der Waals surface area contributed by atoms with Crippen LogP contribution in [0.25, 0.3) is 44.2 Å². The van der Waals surface area contributed by atoms with Crippen LogP contribution in [0.2, 0.25) is 0 Å². The lowest BCUT2D eigenvalue weighted by atomic mass is 9.69. The van der Waals surface area contributed by atoms with E-state index in [2.05, 4.69) is 172 Å². The number of rotatable bonds is 10. The van der Waals surface area contributed by atoms with Gasteiger partial charge in [0.05, 0.1) is 0 Å². The molecule has 5 aromatic carbocycles. The summed E-state index contributed by atoms with van der Waals surface area (Å²) >= 11 is 0. The van der Waals surface area contributed by atoms with Crippen LogP contribution in [-0.2, 0) is 11.8 Å². The Balaban J connectivity index is 1.35. The number of hydrogen-bond donors (Lipinski definition) is 1. The maximum Gasteiger partial charge on any atom is 0.0436 e. The number of benzene rings is 5. The summed E-state index contributed by atoms with van der Waals surface area (Å²) in [5.74, 6) is 0. The van der Waals surface area contributed by atoms with Crippen molar-refractivity contribution >= 4 is 10.8 Å². The molecule has 2 atom stereocenters. The lowest BCUT2D eigenvalue weighted by molar-refractivity contribution is 0.475. The fraction of sp³-hybridized carbons (Fsp3) is 0.191. The summed E-state index contributed by atoms with van der Waals surface area (Å²) in [6.45, 7) is 4.24. The first-order chi connectivity index (χ1) is 23.6. The number of allylic oxidation sites excluding steroid dienone is 9. The van der Waals surface area contributed by atoms with E-state index in [-0.39, 0.29) is 6.04 Å². The molecule has 238 valence electrons. The molecular formula is C47H45N. The topological polar surface area (TPSA) is 26.0 Å².